The Kier molecular flexibility index (Phi) is 5.24. The van der Waals surface area contributed by atoms with Crippen LogP contribution in [0.3, 0.4) is 0 Å². The lowest BCUT2D eigenvalue weighted by atomic mass is 9.83. The zero-order valence-corrected chi connectivity index (χ0v) is 16.8. The topological polar surface area (TPSA) is 95.6 Å². The lowest BCUT2D eigenvalue weighted by molar-refractivity contribution is -0.152. The minimum Gasteiger partial charge on any atom is -0.379 e. The largest absolute Gasteiger partial charge is 0.379 e. The fourth-order valence-corrected chi connectivity index (χ4v) is 3.54. The summed E-state index contributed by atoms with van der Waals surface area (Å²) in [6.45, 7) is 6.28. The van der Waals surface area contributed by atoms with Crippen molar-refractivity contribution in [3.63, 3.8) is 0 Å². The van der Waals surface area contributed by atoms with Gasteiger partial charge in [-0.1, -0.05) is 36.4 Å². The number of benzene rings is 2. The van der Waals surface area contributed by atoms with Gasteiger partial charge in [-0.05, 0) is 36.6 Å². The summed E-state index contributed by atoms with van der Waals surface area (Å²) in [5.41, 5.74) is 4.20. The Bertz CT molecular complexity index is 1050. The first-order valence-corrected chi connectivity index (χ1v) is 9.26. The molecule has 29 heavy (non-hydrogen) atoms. The van der Waals surface area contributed by atoms with Crippen molar-refractivity contribution in [3.8, 4) is 0 Å². The highest BCUT2D eigenvalue weighted by Crippen LogP contribution is 2.34. The van der Waals surface area contributed by atoms with Gasteiger partial charge in [0.2, 0.25) is 17.6 Å². The number of hydrogen-bond acceptors (Lipinski definition) is 5. The Morgan fingerprint density at radius 3 is 2.34 bits per heavy atom. The normalized spacial score (nSPS) is 15.9. The second kappa shape index (κ2) is 7.50. The molecule has 0 saturated heterocycles. The van der Waals surface area contributed by atoms with Crippen molar-refractivity contribution in [1.82, 2.24) is 15.8 Å². The first kappa shape index (κ1) is 20.3. The molecule has 7 nitrogen and oxygen atoms in total. The van der Waals surface area contributed by atoms with E-state index in [-0.39, 0.29) is 5.54 Å². The van der Waals surface area contributed by atoms with Gasteiger partial charge in [0.25, 0.3) is 0 Å². The highest BCUT2D eigenvalue weighted by atomic mass is 16.2. The van der Waals surface area contributed by atoms with Crippen LogP contribution in [-0.2, 0) is 25.6 Å². The van der Waals surface area contributed by atoms with Gasteiger partial charge in [-0.15, -0.1) is 0 Å². The second-order valence-corrected chi connectivity index (χ2v) is 7.74. The Balaban J connectivity index is 1.98. The van der Waals surface area contributed by atoms with Gasteiger partial charge < -0.3 is 5.32 Å². The van der Waals surface area contributed by atoms with Crippen molar-refractivity contribution in [2.45, 2.75) is 39.7 Å². The molecule has 0 radical (unpaired) electrons. The fraction of sp³-hybridized carbons (Fsp3) is 0.273. The molecule has 1 aliphatic heterocycles. The van der Waals surface area contributed by atoms with E-state index in [9.17, 15) is 19.2 Å². The molecule has 7 heteroatoms. The molecule has 0 aromatic heterocycles. The number of rotatable bonds is 2. The van der Waals surface area contributed by atoms with Crippen LogP contribution < -0.4 is 10.7 Å². The smallest absolute Gasteiger partial charge is 0.310 e. The molecule has 2 aromatic rings. The van der Waals surface area contributed by atoms with Gasteiger partial charge >= 0.3 is 5.91 Å². The Morgan fingerprint density at radius 1 is 1.03 bits per heavy atom. The van der Waals surface area contributed by atoms with E-state index in [1.807, 2.05) is 50.2 Å². The minimum atomic E-state index is -1.06. The van der Waals surface area contributed by atoms with E-state index in [1.54, 1.807) is 0 Å². The van der Waals surface area contributed by atoms with Gasteiger partial charge in [0.05, 0.1) is 0 Å². The van der Waals surface area contributed by atoms with E-state index >= 15 is 0 Å². The third-order valence-corrected chi connectivity index (χ3v) is 4.76. The lowest BCUT2D eigenvalue weighted by Crippen LogP contribution is -2.50. The van der Waals surface area contributed by atoms with E-state index in [0.717, 1.165) is 42.2 Å². The SMILES string of the molecule is CC(=O)N(NC(=O)C(=O)/C=C1\NC(C)(C)Cc2c1ccc1ccccc21)C(C)=O. The summed E-state index contributed by atoms with van der Waals surface area (Å²) in [5, 5.41) is 6.02. The van der Waals surface area contributed by atoms with Crippen molar-refractivity contribution in [2.24, 2.45) is 0 Å². The molecule has 0 saturated carbocycles. The molecule has 3 amide bonds. The number of nitrogens with one attached hydrogen (secondary N) is 2. The standard InChI is InChI=1S/C22H23N3O4/c1-13(26)25(14(2)27)24-21(29)20(28)11-19-17-10-9-15-7-5-6-8-16(15)18(17)12-22(3,4)23-19/h5-11,23H,12H2,1-4H3,(H,24,29)/b19-11-. The number of hydrazine groups is 1. The summed E-state index contributed by atoms with van der Waals surface area (Å²) in [4.78, 5) is 47.7. The van der Waals surface area contributed by atoms with E-state index in [1.165, 1.54) is 6.08 Å². The molecule has 0 spiro atoms. The third kappa shape index (κ3) is 4.18. The molecule has 0 unspecified atom stereocenters. The Labute approximate surface area is 168 Å². The summed E-state index contributed by atoms with van der Waals surface area (Å²) in [6.07, 6.45) is 1.96. The third-order valence-electron chi connectivity index (χ3n) is 4.76. The predicted molar refractivity (Wildman–Crippen MR) is 109 cm³/mol. The quantitative estimate of drug-likeness (QED) is 0.463. The number of hydrogen-bond donors (Lipinski definition) is 2. The van der Waals surface area contributed by atoms with Crippen molar-refractivity contribution in [3.05, 3.63) is 53.6 Å². The second-order valence-electron chi connectivity index (χ2n) is 7.74. The molecule has 1 heterocycles. The molecular formula is C22H23N3O4. The van der Waals surface area contributed by atoms with Crippen molar-refractivity contribution < 1.29 is 19.2 Å². The van der Waals surface area contributed by atoms with Crippen molar-refractivity contribution >= 4 is 40.0 Å². The Hall–Kier alpha value is -3.48. The molecule has 2 N–H and O–H groups in total. The molecular weight excluding hydrogens is 370 g/mol. The first-order valence-electron chi connectivity index (χ1n) is 9.26. The molecule has 2 aromatic carbocycles. The van der Waals surface area contributed by atoms with Crippen LogP contribution in [0, 0.1) is 0 Å². The van der Waals surface area contributed by atoms with Crippen LogP contribution in [0.1, 0.15) is 38.8 Å². The maximum atomic E-state index is 12.5. The number of carbonyl (C=O) groups is 4. The molecule has 3 rings (SSSR count). The van der Waals surface area contributed by atoms with Crippen molar-refractivity contribution in [2.75, 3.05) is 0 Å². The van der Waals surface area contributed by atoms with Crippen molar-refractivity contribution in [1.29, 1.82) is 0 Å². The monoisotopic (exact) mass is 393 g/mol. The van der Waals surface area contributed by atoms with Gasteiger partial charge in [-0.2, -0.15) is 5.01 Å². The Morgan fingerprint density at radius 2 is 1.69 bits per heavy atom. The minimum absolute atomic E-state index is 0.329. The zero-order chi connectivity index (χ0) is 21.3. The molecule has 150 valence electrons. The summed E-state index contributed by atoms with van der Waals surface area (Å²) < 4.78 is 0. The number of ketones is 1. The van der Waals surface area contributed by atoms with E-state index < -0.39 is 23.5 Å². The molecule has 0 fully saturated rings. The fourth-order valence-electron chi connectivity index (χ4n) is 3.54. The van der Waals surface area contributed by atoms with E-state index in [2.05, 4.69) is 10.7 Å². The maximum absolute atomic E-state index is 12.5. The first-order chi connectivity index (χ1) is 13.6. The van der Waals surface area contributed by atoms with Crippen LogP contribution in [0.5, 0.6) is 0 Å². The van der Waals surface area contributed by atoms with Crippen LogP contribution in [0.2, 0.25) is 0 Å². The van der Waals surface area contributed by atoms with E-state index in [0.29, 0.717) is 10.7 Å². The van der Waals surface area contributed by atoms with Crippen LogP contribution in [0.15, 0.2) is 42.5 Å². The predicted octanol–water partition coefficient (Wildman–Crippen LogP) is 2.10. The molecule has 0 aliphatic carbocycles. The van der Waals surface area contributed by atoms with E-state index in [4.69, 9.17) is 0 Å². The summed E-state index contributed by atoms with van der Waals surface area (Å²) in [7, 11) is 0. The highest BCUT2D eigenvalue weighted by Gasteiger charge is 2.30. The summed E-state index contributed by atoms with van der Waals surface area (Å²) in [6, 6.07) is 11.9. The number of amides is 3. The van der Waals surface area contributed by atoms with Gasteiger partial charge in [-0.25, -0.2) is 0 Å². The number of carbonyl (C=O) groups excluding carboxylic acids is 4. The zero-order valence-electron chi connectivity index (χ0n) is 16.8. The van der Waals surface area contributed by atoms with Gasteiger partial charge in [0.15, 0.2) is 0 Å². The number of fused-ring (bicyclic) bond motifs is 3. The average molecular weight is 393 g/mol. The van der Waals surface area contributed by atoms with Crippen LogP contribution in [-0.4, -0.2) is 34.1 Å². The average Bonchev–Trinajstić information content (AvgIpc) is 2.64. The number of nitrogens with zero attached hydrogens (tertiary/aromatic N) is 1. The van der Waals surface area contributed by atoms with Gasteiger partial charge in [0, 0.05) is 36.7 Å². The lowest BCUT2D eigenvalue weighted by Gasteiger charge is -2.36. The maximum Gasteiger partial charge on any atom is 0.310 e. The molecule has 0 atom stereocenters. The van der Waals surface area contributed by atoms with Crippen LogP contribution in [0.25, 0.3) is 16.5 Å². The summed E-state index contributed by atoms with van der Waals surface area (Å²) >= 11 is 0. The molecule has 1 aliphatic rings. The summed E-state index contributed by atoms with van der Waals surface area (Å²) in [5.74, 6) is -3.28. The highest BCUT2D eigenvalue weighted by molar-refractivity contribution is 6.42. The van der Waals surface area contributed by atoms with Crippen LogP contribution in [0.4, 0.5) is 0 Å². The molecule has 0 bridgehead atoms. The van der Waals surface area contributed by atoms with Crippen LogP contribution >= 0.6 is 0 Å². The van der Waals surface area contributed by atoms with Gasteiger partial charge in [0.1, 0.15) is 0 Å². The van der Waals surface area contributed by atoms with Gasteiger partial charge in [-0.3, -0.25) is 24.6 Å². The number of imide groups is 1.